The van der Waals surface area contributed by atoms with E-state index in [9.17, 15) is 22.4 Å². The molecule has 1 atom stereocenters. The fourth-order valence-corrected chi connectivity index (χ4v) is 3.31. The second-order valence-corrected chi connectivity index (χ2v) is 6.63. The summed E-state index contributed by atoms with van der Waals surface area (Å²) in [5.41, 5.74) is 0.515. The molecule has 0 aliphatic carbocycles. The Morgan fingerprint density at radius 1 is 1.00 bits per heavy atom. The summed E-state index contributed by atoms with van der Waals surface area (Å²) in [5, 5.41) is 0. The number of anilines is 1. The van der Waals surface area contributed by atoms with Crippen LogP contribution in [0.1, 0.15) is 17.0 Å². The van der Waals surface area contributed by atoms with Crippen molar-refractivity contribution in [3.05, 3.63) is 65.5 Å². The summed E-state index contributed by atoms with van der Waals surface area (Å²) in [6.45, 7) is 2.83. The first-order valence-electron chi connectivity index (χ1n) is 8.72. The van der Waals surface area contributed by atoms with Gasteiger partial charge in [-0.25, -0.2) is 4.39 Å². The molecule has 1 heterocycles. The average Bonchev–Trinajstić information content (AvgIpc) is 2.66. The van der Waals surface area contributed by atoms with Crippen molar-refractivity contribution >= 4 is 12.0 Å². The number of alkyl halides is 3. The van der Waals surface area contributed by atoms with Gasteiger partial charge < -0.3 is 9.69 Å². The molecule has 2 aromatic carbocycles. The second kappa shape index (κ2) is 8.08. The number of rotatable bonds is 5. The van der Waals surface area contributed by atoms with Crippen LogP contribution >= 0.6 is 0 Å². The molecule has 0 aromatic heterocycles. The van der Waals surface area contributed by atoms with Crippen molar-refractivity contribution < 1.29 is 22.4 Å². The molecule has 0 saturated carbocycles. The van der Waals surface area contributed by atoms with Crippen molar-refractivity contribution in [1.82, 2.24) is 4.90 Å². The van der Waals surface area contributed by atoms with Crippen LogP contribution in [0, 0.1) is 5.82 Å². The summed E-state index contributed by atoms with van der Waals surface area (Å²) in [6.07, 6.45) is -3.55. The molecule has 144 valence electrons. The Kier molecular flexibility index (Phi) is 5.79. The van der Waals surface area contributed by atoms with E-state index in [4.69, 9.17) is 0 Å². The van der Waals surface area contributed by atoms with Gasteiger partial charge in [0.05, 0.1) is 11.5 Å². The molecule has 3 nitrogen and oxygen atoms in total. The largest absolute Gasteiger partial charge is 0.416 e. The molecule has 7 heteroatoms. The van der Waals surface area contributed by atoms with Gasteiger partial charge >= 0.3 is 6.18 Å². The van der Waals surface area contributed by atoms with E-state index in [1.807, 2.05) is 4.90 Å². The third kappa shape index (κ3) is 4.86. The standard InChI is InChI=1S/C20H20F4N2O/c21-18-5-1-3-15(11-18)16(14-27)13-25-7-9-26(10-8-25)19-6-2-4-17(12-19)20(22,23)24/h1-6,11-12,14,16H,7-10,13H2. The molecular weight excluding hydrogens is 360 g/mol. The van der Waals surface area contributed by atoms with Crippen LogP contribution < -0.4 is 4.90 Å². The lowest BCUT2D eigenvalue weighted by Gasteiger charge is -2.37. The average molecular weight is 380 g/mol. The first kappa shape index (κ1) is 19.4. The lowest BCUT2D eigenvalue weighted by Crippen LogP contribution is -2.47. The smallest absolute Gasteiger partial charge is 0.369 e. The van der Waals surface area contributed by atoms with Crippen LogP contribution in [0.4, 0.5) is 23.2 Å². The van der Waals surface area contributed by atoms with Crippen molar-refractivity contribution in [2.24, 2.45) is 0 Å². The Hall–Kier alpha value is -2.41. The minimum absolute atomic E-state index is 0.381. The molecule has 0 radical (unpaired) electrons. The van der Waals surface area contributed by atoms with E-state index in [2.05, 4.69) is 4.90 Å². The van der Waals surface area contributed by atoms with Gasteiger partial charge in [-0.05, 0) is 35.9 Å². The zero-order chi connectivity index (χ0) is 19.4. The van der Waals surface area contributed by atoms with Gasteiger partial charge in [0.15, 0.2) is 0 Å². The van der Waals surface area contributed by atoms with Crippen LogP contribution in [-0.4, -0.2) is 43.9 Å². The van der Waals surface area contributed by atoms with Crippen LogP contribution in [0.3, 0.4) is 0 Å². The molecule has 0 bridgehead atoms. The summed E-state index contributed by atoms with van der Waals surface area (Å²) in [4.78, 5) is 15.4. The highest BCUT2D eigenvalue weighted by Crippen LogP contribution is 2.32. The number of piperazine rings is 1. The van der Waals surface area contributed by atoms with E-state index in [0.29, 0.717) is 44.0 Å². The predicted molar refractivity (Wildman–Crippen MR) is 95.3 cm³/mol. The highest BCUT2D eigenvalue weighted by atomic mass is 19.4. The van der Waals surface area contributed by atoms with Crippen molar-refractivity contribution in [2.75, 3.05) is 37.6 Å². The van der Waals surface area contributed by atoms with Crippen molar-refractivity contribution in [1.29, 1.82) is 0 Å². The van der Waals surface area contributed by atoms with Gasteiger partial charge in [0.25, 0.3) is 0 Å². The quantitative estimate of drug-likeness (QED) is 0.580. The lowest BCUT2D eigenvalue weighted by molar-refractivity contribution is -0.137. The van der Waals surface area contributed by atoms with Gasteiger partial charge in [0.2, 0.25) is 0 Å². The third-order valence-electron chi connectivity index (χ3n) is 4.81. The molecule has 3 rings (SSSR count). The molecule has 1 aliphatic rings. The minimum atomic E-state index is -4.36. The zero-order valence-electron chi connectivity index (χ0n) is 14.6. The van der Waals surface area contributed by atoms with E-state index in [1.54, 1.807) is 18.2 Å². The minimum Gasteiger partial charge on any atom is -0.369 e. The van der Waals surface area contributed by atoms with Crippen LogP contribution in [0.25, 0.3) is 0 Å². The van der Waals surface area contributed by atoms with E-state index in [1.165, 1.54) is 18.2 Å². The number of carbonyl (C=O) groups is 1. The number of aldehydes is 1. The Bertz CT molecular complexity index is 786. The summed E-state index contributed by atoms with van der Waals surface area (Å²) >= 11 is 0. The Labute approximate surface area is 155 Å². The molecule has 0 N–H and O–H groups in total. The molecule has 2 aromatic rings. The Morgan fingerprint density at radius 2 is 1.70 bits per heavy atom. The van der Waals surface area contributed by atoms with Crippen LogP contribution in [-0.2, 0) is 11.0 Å². The van der Waals surface area contributed by atoms with Gasteiger partial charge in [0.1, 0.15) is 12.1 Å². The number of hydrogen-bond acceptors (Lipinski definition) is 3. The predicted octanol–water partition coefficient (Wildman–Crippen LogP) is 3.95. The highest BCUT2D eigenvalue weighted by molar-refractivity contribution is 5.62. The van der Waals surface area contributed by atoms with Crippen LogP contribution in [0.2, 0.25) is 0 Å². The summed E-state index contributed by atoms with van der Waals surface area (Å²) < 4.78 is 52.0. The fourth-order valence-electron chi connectivity index (χ4n) is 3.31. The number of halogens is 4. The second-order valence-electron chi connectivity index (χ2n) is 6.63. The van der Waals surface area contributed by atoms with Gasteiger partial charge in [-0.3, -0.25) is 4.90 Å². The molecule has 0 spiro atoms. The molecule has 27 heavy (non-hydrogen) atoms. The topological polar surface area (TPSA) is 23.6 Å². The number of carbonyl (C=O) groups excluding carboxylic acids is 1. The van der Waals surface area contributed by atoms with Crippen molar-refractivity contribution in [3.8, 4) is 0 Å². The maximum Gasteiger partial charge on any atom is 0.416 e. The van der Waals surface area contributed by atoms with Gasteiger partial charge in [-0.2, -0.15) is 13.2 Å². The summed E-state index contributed by atoms with van der Waals surface area (Å²) in [6, 6.07) is 11.3. The van der Waals surface area contributed by atoms with Crippen molar-refractivity contribution in [2.45, 2.75) is 12.1 Å². The van der Waals surface area contributed by atoms with Crippen LogP contribution in [0.5, 0.6) is 0 Å². The molecule has 1 saturated heterocycles. The number of nitrogens with zero attached hydrogens (tertiary/aromatic N) is 2. The SMILES string of the molecule is O=CC(CN1CCN(c2cccc(C(F)(F)F)c2)CC1)c1cccc(F)c1. The molecule has 0 amide bonds. The molecular formula is C20H20F4N2O. The highest BCUT2D eigenvalue weighted by Gasteiger charge is 2.31. The monoisotopic (exact) mass is 380 g/mol. The summed E-state index contributed by atoms with van der Waals surface area (Å²) in [5.74, 6) is -0.811. The number of hydrogen-bond donors (Lipinski definition) is 0. The molecule has 1 fully saturated rings. The Morgan fingerprint density at radius 3 is 2.33 bits per heavy atom. The first-order valence-corrected chi connectivity index (χ1v) is 8.72. The Balaban J connectivity index is 1.61. The van der Waals surface area contributed by atoms with Gasteiger partial charge in [-0.15, -0.1) is 0 Å². The van der Waals surface area contributed by atoms with Gasteiger partial charge in [0, 0.05) is 38.4 Å². The normalized spacial score (nSPS) is 17.0. The van der Waals surface area contributed by atoms with E-state index >= 15 is 0 Å². The summed E-state index contributed by atoms with van der Waals surface area (Å²) in [7, 11) is 0. The fraction of sp³-hybridized carbons (Fsp3) is 0.350. The maximum atomic E-state index is 13.4. The van der Waals surface area contributed by atoms with Crippen LogP contribution in [0.15, 0.2) is 48.5 Å². The lowest BCUT2D eigenvalue weighted by atomic mass is 9.99. The van der Waals surface area contributed by atoms with Crippen molar-refractivity contribution in [3.63, 3.8) is 0 Å². The van der Waals surface area contributed by atoms with E-state index in [0.717, 1.165) is 18.4 Å². The van der Waals surface area contributed by atoms with E-state index in [-0.39, 0.29) is 5.82 Å². The van der Waals surface area contributed by atoms with E-state index < -0.39 is 17.7 Å². The first-order chi connectivity index (χ1) is 12.9. The molecule has 1 aliphatic heterocycles. The zero-order valence-corrected chi connectivity index (χ0v) is 14.6. The third-order valence-corrected chi connectivity index (χ3v) is 4.81. The molecule has 1 unspecified atom stereocenters. The maximum absolute atomic E-state index is 13.4. The van der Waals surface area contributed by atoms with Gasteiger partial charge in [-0.1, -0.05) is 18.2 Å². The number of benzene rings is 2.